The molecule has 14 heavy (non-hydrogen) atoms. The Morgan fingerprint density at radius 2 is 2.43 bits per heavy atom. The molecule has 0 bridgehead atoms. The maximum absolute atomic E-state index is 5.15. The number of nitrogens with zero attached hydrogens (tertiary/aromatic N) is 2. The van der Waals surface area contributed by atoms with Gasteiger partial charge in [-0.05, 0) is 31.5 Å². The lowest BCUT2D eigenvalue weighted by Gasteiger charge is -2.00. The molecule has 1 aromatic heterocycles. The molecular weight excluding hydrogens is 174 g/mol. The lowest BCUT2D eigenvalue weighted by atomic mass is 10.2. The van der Waals surface area contributed by atoms with Gasteiger partial charge in [-0.1, -0.05) is 0 Å². The monoisotopic (exact) mass is 191 g/mol. The van der Waals surface area contributed by atoms with Crippen LogP contribution < -0.4 is 5.32 Å². The Hall–Kier alpha value is -1.27. The lowest BCUT2D eigenvalue weighted by Crippen LogP contribution is -2.18. The normalized spacial score (nSPS) is 10.0. The molecule has 0 amide bonds. The van der Waals surface area contributed by atoms with Gasteiger partial charge >= 0.3 is 0 Å². The molecule has 76 valence electrons. The summed E-state index contributed by atoms with van der Waals surface area (Å²) < 4.78 is 1.83. The zero-order chi connectivity index (χ0) is 10.2. The van der Waals surface area contributed by atoms with Crippen molar-refractivity contribution in [2.75, 3.05) is 13.1 Å². The summed E-state index contributed by atoms with van der Waals surface area (Å²) >= 11 is 0. The highest BCUT2D eigenvalue weighted by Gasteiger charge is 1.94. The van der Waals surface area contributed by atoms with E-state index in [1.54, 1.807) is 0 Å². The second-order valence-electron chi connectivity index (χ2n) is 3.33. The van der Waals surface area contributed by atoms with Gasteiger partial charge in [0.15, 0.2) is 0 Å². The number of aromatic nitrogens is 2. The molecule has 0 fully saturated rings. The lowest BCUT2D eigenvalue weighted by molar-refractivity contribution is 0.656. The fourth-order valence-electron chi connectivity index (χ4n) is 1.27. The first-order valence-electron chi connectivity index (χ1n) is 4.94. The Balaban J connectivity index is 2.02. The minimum Gasteiger partial charge on any atom is -0.316 e. The van der Waals surface area contributed by atoms with Crippen LogP contribution in [0.4, 0.5) is 0 Å². The standard InChI is InChI=1S/C11H17N3/c1-3-4-5-7-12-8-6-11-9-13-14(2)10-11/h1,9-10,12H,4-8H2,2H3. The first-order chi connectivity index (χ1) is 6.83. The minimum atomic E-state index is 0.861. The van der Waals surface area contributed by atoms with E-state index in [0.717, 1.165) is 32.4 Å². The molecule has 0 aliphatic heterocycles. The van der Waals surface area contributed by atoms with Gasteiger partial charge in [0.2, 0.25) is 0 Å². The molecule has 0 saturated carbocycles. The number of unbranched alkanes of at least 4 members (excludes halogenated alkanes) is 1. The van der Waals surface area contributed by atoms with Crippen molar-refractivity contribution in [1.29, 1.82) is 0 Å². The average molecular weight is 191 g/mol. The molecule has 1 heterocycles. The van der Waals surface area contributed by atoms with Crippen molar-refractivity contribution >= 4 is 0 Å². The van der Waals surface area contributed by atoms with Gasteiger partial charge in [-0.2, -0.15) is 5.10 Å². The van der Waals surface area contributed by atoms with Gasteiger partial charge in [-0.25, -0.2) is 0 Å². The third kappa shape index (κ3) is 4.11. The predicted molar refractivity (Wildman–Crippen MR) is 57.8 cm³/mol. The van der Waals surface area contributed by atoms with Gasteiger partial charge in [-0.15, -0.1) is 12.3 Å². The molecule has 0 aliphatic rings. The van der Waals surface area contributed by atoms with Gasteiger partial charge in [-0.3, -0.25) is 4.68 Å². The van der Waals surface area contributed by atoms with E-state index >= 15 is 0 Å². The molecule has 0 atom stereocenters. The van der Waals surface area contributed by atoms with Crippen LogP contribution in [0.25, 0.3) is 0 Å². The number of hydrogen-bond acceptors (Lipinski definition) is 2. The summed E-state index contributed by atoms with van der Waals surface area (Å²) in [6, 6.07) is 0. The van der Waals surface area contributed by atoms with E-state index in [1.807, 2.05) is 24.1 Å². The zero-order valence-corrected chi connectivity index (χ0v) is 8.66. The van der Waals surface area contributed by atoms with Gasteiger partial charge in [0.05, 0.1) is 6.20 Å². The molecule has 1 rings (SSSR count). The predicted octanol–water partition coefficient (Wildman–Crippen LogP) is 0.966. The quantitative estimate of drug-likeness (QED) is 0.536. The third-order valence-electron chi connectivity index (χ3n) is 2.02. The first kappa shape index (κ1) is 10.8. The first-order valence-corrected chi connectivity index (χ1v) is 4.94. The van der Waals surface area contributed by atoms with Crippen LogP contribution in [0.3, 0.4) is 0 Å². The minimum absolute atomic E-state index is 0.861. The van der Waals surface area contributed by atoms with E-state index < -0.39 is 0 Å². The average Bonchev–Trinajstić information content (AvgIpc) is 2.58. The summed E-state index contributed by atoms with van der Waals surface area (Å²) in [6.07, 6.45) is 12.1. The smallest absolute Gasteiger partial charge is 0.0522 e. The van der Waals surface area contributed by atoms with Crippen LogP contribution in [0.5, 0.6) is 0 Å². The van der Waals surface area contributed by atoms with Crippen LogP contribution >= 0.6 is 0 Å². The van der Waals surface area contributed by atoms with Crippen molar-refractivity contribution in [3.05, 3.63) is 18.0 Å². The third-order valence-corrected chi connectivity index (χ3v) is 2.02. The number of rotatable bonds is 6. The number of terminal acetylenes is 1. The van der Waals surface area contributed by atoms with E-state index in [4.69, 9.17) is 6.42 Å². The topological polar surface area (TPSA) is 29.9 Å². The second kappa shape index (κ2) is 6.22. The molecule has 0 unspecified atom stereocenters. The largest absolute Gasteiger partial charge is 0.316 e. The molecule has 0 radical (unpaired) electrons. The van der Waals surface area contributed by atoms with E-state index in [9.17, 15) is 0 Å². The van der Waals surface area contributed by atoms with Crippen molar-refractivity contribution in [2.45, 2.75) is 19.3 Å². The Morgan fingerprint density at radius 1 is 1.57 bits per heavy atom. The Morgan fingerprint density at radius 3 is 3.07 bits per heavy atom. The van der Waals surface area contributed by atoms with Crippen LogP contribution in [-0.4, -0.2) is 22.9 Å². The summed E-state index contributed by atoms with van der Waals surface area (Å²) in [4.78, 5) is 0. The van der Waals surface area contributed by atoms with Gasteiger partial charge in [0, 0.05) is 19.7 Å². The Labute approximate surface area is 85.5 Å². The summed E-state index contributed by atoms with van der Waals surface area (Å²) in [6.45, 7) is 2.00. The second-order valence-corrected chi connectivity index (χ2v) is 3.33. The van der Waals surface area contributed by atoms with Gasteiger partial charge in [0.1, 0.15) is 0 Å². The van der Waals surface area contributed by atoms with Crippen molar-refractivity contribution in [3.8, 4) is 12.3 Å². The molecule has 1 N–H and O–H groups in total. The van der Waals surface area contributed by atoms with Gasteiger partial charge < -0.3 is 5.32 Å². The highest BCUT2D eigenvalue weighted by Crippen LogP contribution is 1.95. The molecule has 3 nitrogen and oxygen atoms in total. The summed E-state index contributed by atoms with van der Waals surface area (Å²) in [5.74, 6) is 2.63. The van der Waals surface area contributed by atoms with Crippen molar-refractivity contribution in [3.63, 3.8) is 0 Å². The van der Waals surface area contributed by atoms with E-state index in [-0.39, 0.29) is 0 Å². The van der Waals surface area contributed by atoms with Crippen LogP contribution in [-0.2, 0) is 13.5 Å². The van der Waals surface area contributed by atoms with Crippen molar-refractivity contribution < 1.29 is 0 Å². The highest BCUT2D eigenvalue weighted by atomic mass is 15.2. The maximum atomic E-state index is 5.15. The fourth-order valence-corrected chi connectivity index (χ4v) is 1.27. The Kier molecular flexibility index (Phi) is 4.81. The molecule has 0 aliphatic carbocycles. The highest BCUT2D eigenvalue weighted by molar-refractivity contribution is 5.03. The SMILES string of the molecule is C#CCCCNCCc1cnn(C)c1. The molecule has 0 saturated heterocycles. The fraction of sp³-hybridized carbons (Fsp3) is 0.545. The number of aryl methyl sites for hydroxylation is 1. The van der Waals surface area contributed by atoms with Crippen LogP contribution in [0.1, 0.15) is 18.4 Å². The number of nitrogens with one attached hydrogen (secondary N) is 1. The van der Waals surface area contributed by atoms with E-state index in [0.29, 0.717) is 0 Å². The van der Waals surface area contributed by atoms with Crippen molar-refractivity contribution in [2.24, 2.45) is 7.05 Å². The maximum Gasteiger partial charge on any atom is 0.0522 e. The zero-order valence-electron chi connectivity index (χ0n) is 8.66. The summed E-state index contributed by atoms with van der Waals surface area (Å²) in [5.41, 5.74) is 1.27. The van der Waals surface area contributed by atoms with Crippen molar-refractivity contribution in [1.82, 2.24) is 15.1 Å². The van der Waals surface area contributed by atoms with Gasteiger partial charge in [0.25, 0.3) is 0 Å². The van der Waals surface area contributed by atoms with E-state index in [1.165, 1.54) is 5.56 Å². The van der Waals surface area contributed by atoms with Crippen LogP contribution in [0.15, 0.2) is 12.4 Å². The molecule has 3 heteroatoms. The Bertz CT molecular complexity index is 296. The summed E-state index contributed by atoms with van der Waals surface area (Å²) in [7, 11) is 1.93. The molecular formula is C11H17N3. The summed E-state index contributed by atoms with van der Waals surface area (Å²) in [5, 5.41) is 7.45. The van der Waals surface area contributed by atoms with Crippen LogP contribution in [0, 0.1) is 12.3 Å². The molecule has 0 aromatic carbocycles. The molecule has 0 spiro atoms. The molecule has 1 aromatic rings. The number of hydrogen-bond donors (Lipinski definition) is 1. The van der Waals surface area contributed by atoms with E-state index in [2.05, 4.69) is 16.3 Å². The van der Waals surface area contributed by atoms with Crippen LogP contribution in [0.2, 0.25) is 0 Å².